The normalized spacial score (nSPS) is 11.5. The lowest BCUT2D eigenvalue weighted by Gasteiger charge is -1.99. The number of oxazole rings is 1. The Morgan fingerprint density at radius 1 is 0.828 bits per heavy atom. The maximum atomic E-state index is 11.1. The number of fused-ring (bicyclic) bond motifs is 1. The Hall–Kier alpha value is -3.92. The summed E-state index contributed by atoms with van der Waals surface area (Å²) >= 11 is 0. The van der Waals surface area contributed by atoms with E-state index < -0.39 is 0 Å². The minimum Gasteiger partial charge on any atom is -0.466 e. The third kappa shape index (κ3) is 4.50. The van der Waals surface area contributed by atoms with E-state index in [1.807, 2.05) is 78.9 Å². The molecule has 0 bridgehead atoms. The van der Waals surface area contributed by atoms with E-state index in [2.05, 4.69) is 15.8 Å². The standard InChI is InChI=1S/C25H19NO3/c1-28-24(27)17-14-19-9-6-18(7-10-19)8-11-20-12-15-21(16-13-20)25-26-22-4-2-3-5-23(22)29-25/h2-17H,1H3/b11-8-,17-14-. The van der Waals surface area contributed by atoms with E-state index in [-0.39, 0.29) is 5.97 Å². The van der Waals surface area contributed by atoms with Crippen molar-refractivity contribution in [3.63, 3.8) is 0 Å². The van der Waals surface area contributed by atoms with Crippen LogP contribution in [0.4, 0.5) is 0 Å². The number of hydrogen-bond acceptors (Lipinski definition) is 4. The van der Waals surface area contributed by atoms with Gasteiger partial charge >= 0.3 is 5.97 Å². The summed E-state index contributed by atoms with van der Waals surface area (Å²) in [5, 5.41) is 0. The van der Waals surface area contributed by atoms with Crippen molar-refractivity contribution in [2.24, 2.45) is 0 Å². The number of benzene rings is 3. The number of hydrogen-bond donors (Lipinski definition) is 0. The van der Waals surface area contributed by atoms with E-state index in [1.165, 1.54) is 13.2 Å². The van der Waals surface area contributed by atoms with Crippen LogP contribution in [-0.2, 0) is 9.53 Å². The van der Waals surface area contributed by atoms with Gasteiger partial charge in [-0.15, -0.1) is 0 Å². The summed E-state index contributed by atoms with van der Waals surface area (Å²) in [6, 6.07) is 23.7. The lowest BCUT2D eigenvalue weighted by Crippen LogP contribution is -1.93. The van der Waals surface area contributed by atoms with Crippen molar-refractivity contribution in [3.8, 4) is 11.5 Å². The van der Waals surface area contributed by atoms with E-state index in [1.54, 1.807) is 6.08 Å². The molecule has 0 N–H and O–H groups in total. The van der Waals surface area contributed by atoms with Gasteiger partial charge in [-0.05, 0) is 47.0 Å². The number of carbonyl (C=O) groups is 1. The van der Waals surface area contributed by atoms with Crippen LogP contribution < -0.4 is 0 Å². The maximum absolute atomic E-state index is 11.1. The molecule has 4 heteroatoms. The summed E-state index contributed by atoms with van der Waals surface area (Å²) < 4.78 is 10.4. The van der Waals surface area contributed by atoms with E-state index >= 15 is 0 Å². The van der Waals surface area contributed by atoms with Crippen molar-refractivity contribution in [2.45, 2.75) is 0 Å². The molecule has 142 valence electrons. The molecule has 0 saturated carbocycles. The molecule has 0 spiro atoms. The monoisotopic (exact) mass is 381 g/mol. The van der Waals surface area contributed by atoms with Crippen molar-refractivity contribution in [1.82, 2.24) is 4.98 Å². The zero-order valence-electron chi connectivity index (χ0n) is 15.9. The smallest absolute Gasteiger partial charge is 0.330 e. The summed E-state index contributed by atoms with van der Waals surface area (Å²) in [5.74, 6) is 0.257. The number of para-hydroxylation sites is 2. The van der Waals surface area contributed by atoms with Crippen molar-refractivity contribution in [1.29, 1.82) is 0 Å². The predicted molar refractivity (Wildman–Crippen MR) is 116 cm³/mol. The number of carbonyl (C=O) groups excluding carboxylic acids is 1. The fourth-order valence-corrected chi connectivity index (χ4v) is 2.88. The van der Waals surface area contributed by atoms with Gasteiger partial charge in [0.1, 0.15) is 5.52 Å². The third-order valence-corrected chi connectivity index (χ3v) is 4.47. The Morgan fingerprint density at radius 2 is 1.41 bits per heavy atom. The Labute approximate surface area is 168 Å². The van der Waals surface area contributed by atoms with E-state index in [0.717, 1.165) is 33.4 Å². The topological polar surface area (TPSA) is 52.3 Å². The molecule has 4 aromatic rings. The van der Waals surface area contributed by atoms with E-state index in [4.69, 9.17) is 4.42 Å². The maximum Gasteiger partial charge on any atom is 0.330 e. The number of esters is 1. The first-order valence-corrected chi connectivity index (χ1v) is 9.21. The Kier molecular flexibility index (Phi) is 5.34. The second kappa shape index (κ2) is 8.40. The van der Waals surface area contributed by atoms with E-state index in [9.17, 15) is 4.79 Å². The highest BCUT2D eigenvalue weighted by atomic mass is 16.5. The average Bonchev–Trinajstić information content (AvgIpc) is 3.21. The molecule has 1 heterocycles. The van der Waals surface area contributed by atoms with Crippen LogP contribution in [0.15, 0.2) is 83.3 Å². The summed E-state index contributed by atoms with van der Waals surface area (Å²) in [6.45, 7) is 0. The Morgan fingerprint density at radius 3 is 2.03 bits per heavy atom. The predicted octanol–water partition coefficient (Wildman–Crippen LogP) is 5.85. The van der Waals surface area contributed by atoms with Crippen LogP contribution in [0, 0.1) is 0 Å². The first kappa shape index (κ1) is 18.4. The molecule has 0 aliphatic carbocycles. The van der Waals surface area contributed by atoms with Gasteiger partial charge in [0.2, 0.25) is 5.89 Å². The molecule has 0 aliphatic rings. The number of rotatable bonds is 5. The highest BCUT2D eigenvalue weighted by Gasteiger charge is 2.07. The van der Waals surface area contributed by atoms with Gasteiger partial charge in [0.05, 0.1) is 7.11 Å². The van der Waals surface area contributed by atoms with Crippen LogP contribution >= 0.6 is 0 Å². The van der Waals surface area contributed by atoms with Crippen LogP contribution in [-0.4, -0.2) is 18.1 Å². The molecule has 29 heavy (non-hydrogen) atoms. The number of methoxy groups -OCH3 is 1. The van der Waals surface area contributed by atoms with Crippen molar-refractivity contribution in [3.05, 3.63) is 95.6 Å². The fraction of sp³-hybridized carbons (Fsp3) is 0.0400. The molecule has 0 aliphatic heterocycles. The molecule has 0 unspecified atom stereocenters. The van der Waals surface area contributed by atoms with Gasteiger partial charge < -0.3 is 9.15 Å². The second-order valence-electron chi connectivity index (χ2n) is 6.47. The van der Waals surface area contributed by atoms with Crippen LogP contribution in [0.2, 0.25) is 0 Å². The quantitative estimate of drug-likeness (QED) is 0.247. The van der Waals surface area contributed by atoms with Crippen molar-refractivity contribution >= 4 is 35.3 Å². The number of nitrogens with zero attached hydrogens (tertiary/aromatic N) is 1. The zero-order valence-corrected chi connectivity index (χ0v) is 15.9. The summed E-state index contributed by atoms with van der Waals surface area (Å²) in [5.41, 5.74) is 5.69. The largest absolute Gasteiger partial charge is 0.466 e. The SMILES string of the molecule is COC(=O)/C=C\c1ccc(/C=C\c2ccc(-c3nc4ccccc4o3)cc2)cc1. The summed E-state index contributed by atoms with van der Waals surface area (Å²) in [6.07, 6.45) is 7.23. The molecular weight excluding hydrogens is 362 g/mol. The molecule has 0 radical (unpaired) electrons. The zero-order chi connectivity index (χ0) is 20.1. The lowest BCUT2D eigenvalue weighted by atomic mass is 10.1. The van der Waals surface area contributed by atoms with Crippen LogP contribution in [0.1, 0.15) is 16.7 Å². The molecule has 0 atom stereocenters. The lowest BCUT2D eigenvalue weighted by molar-refractivity contribution is -0.134. The molecule has 1 aromatic heterocycles. The molecular formula is C25H19NO3. The van der Waals surface area contributed by atoms with Gasteiger partial charge in [-0.2, -0.15) is 0 Å². The van der Waals surface area contributed by atoms with Gasteiger partial charge in [0.25, 0.3) is 0 Å². The van der Waals surface area contributed by atoms with Gasteiger partial charge in [-0.3, -0.25) is 0 Å². The van der Waals surface area contributed by atoms with Crippen LogP contribution in [0.25, 0.3) is 40.8 Å². The Balaban J connectivity index is 1.45. The minimum absolute atomic E-state index is 0.365. The molecule has 0 fully saturated rings. The Bertz CT molecular complexity index is 1150. The molecule has 4 nitrogen and oxygen atoms in total. The highest BCUT2D eigenvalue weighted by molar-refractivity contribution is 5.87. The second-order valence-corrected chi connectivity index (χ2v) is 6.47. The van der Waals surface area contributed by atoms with Crippen LogP contribution in [0.3, 0.4) is 0 Å². The molecule has 0 amide bonds. The van der Waals surface area contributed by atoms with Crippen molar-refractivity contribution in [2.75, 3.05) is 7.11 Å². The summed E-state index contributed by atoms with van der Waals surface area (Å²) in [4.78, 5) is 15.7. The third-order valence-electron chi connectivity index (χ3n) is 4.47. The van der Waals surface area contributed by atoms with E-state index in [0.29, 0.717) is 5.89 Å². The minimum atomic E-state index is -0.365. The van der Waals surface area contributed by atoms with Crippen LogP contribution in [0.5, 0.6) is 0 Å². The van der Waals surface area contributed by atoms with Gasteiger partial charge in [-0.25, -0.2) is 9.78 Å². The molecule has 0 saturated heterocycles. The fourth-order valence-electron chi connectivity index (χ4n) is 2.88. The highest BCUT2D eigenvalue weighted by Crippen LogP contribution is 2.24. The summed E-state index contributed by atoms with van der Waals surface area (Å²) in [7, 11) is 1.36. The van der Waals surface area contributed by atoms with Gasteiger partial charge in [0, 0.05) is 11.6 Å². The van der Waals surface area contributed by atoms with Gasteiger partial charge in [-0.1, -0.05) is 60.7 Å². The van der Waals surface area contributed by atoms with Gasteiger partial charge in [0.15, 0.2) is 5.58 Å². The molecule has 3 aromatic carbocycles. The average molecular weight is 381 g/mol. The van der Waals surface area contributed by atoms with Crippen molar-refractivity contribution < 1.29 is 13.9 Å². The number of aromatic nitrogens is 1. The molecule has 4 rings (SSSR count). The first-order valence-electron chi connectivity index (χ1n) is 9.21. The number of ether oxygens (including phenoxy) is 1. The first-order chi connectivity index (χ1) is 14.2.